The Kier molecular flexibility index (Phi) is 3.84. The highest BCUT2D eigenvalue weighted by atomic mass is 32.2. The second kappa shape index (κ2) is 5.55. The molecule has 0 aliphatic heterocycles. The van der Waals surface area contributed by atoms with E-state index < -0.39 is 0 Å². The summed E-state index contributed by atoms with van der Waals surface area (Å²) < 4.78 is 10.6. The number of furan rings is 1. The number of aromatic nitrogens is 2. The number of nitrogens with two attached hydrogens (primary N) is 1. The number of hydrogen-bond acceptors (Lipinski definition) is 7. The van der Waals surface area contributed by atoms with E-state index in [0.29, 0.717) is 23.5 Å². The zero-order chi connectivity index (χ0) is 12.1. The Morgan fingerprint density at radius 1 is 1.53 bits per heavy atom. The van der Waals surface area contributed by atoms with Crippen LogP contribution in [0.1, 0.15) is 5.76 Å². The Labute approximate surface area is 103 Å². The van der Waals surface area contributed by atoms with Crippen LogP contribution in [0.25, 0.3) is 0 Å². The first-order valence-corrected chi connectivity index (χ1v) is 6.09. The van der Waals surface area contributed by atoms with Gasteiger partial charge >= 0.3 is 0 Å². The predicted octanol–water partition coefficient (Wildman–Crippen LogP) is 1.66. The number of anilines is 1. The summed E-state index contributed by atoms with van der Waals surface area (Å²) in [6.45, 7) is 0.321. The number of nitrogens with one attached hydrogen (secondary N) is 1. The summed E-state index contributed by atoms with van der Waals surface area (Å²) in [5.41, 5.74) is 2.47. The van der Waals surface area contributed by atoms with Gasteiger partial charge in [-0.05, 0) is 18.4 Å². The van der Waals surface area contributed by atoms with Crippen molar-refractivity contribution in [2.75, 3.05) is 11.7 Å². The van der Waals surface area contributed by atoms with Crippen LogP contribution >= 0.6 is 11.8 Å². The molecule has 6 nitrogen and oxygen atoms in total. The molecule has 7 heteroatoms. The maximum atomic E-state index is 5.48. The summed E-state index contributed by atoms with van der Waals surface area (Å²) in [5.74, 6) is 7.01. The quantitative estimate of drug-likeness (QED) is 0.362. The van der Waals surface area contributed by atoms with Crippen molar-refractivity contribution in [3.05, 3.63) is 30.2 Å². The van der Waals surface area contributed by atoms with Crippen molar-refractivity contribution < 1.29 is 9.15 Å². The molecule has 3 N–H and O–H groups in total. The fourth-order valence-corrected chi connectivity index (χ4v) is 1.55. The SMILES string of the molecule is CSc1nc(NN)cc(OCc2ccco2)n1. The van der Waals surface area contributed by atoms with Gasteiger partial charge in [-0.3, -0.25) is 0 Å². The number of hydrogen-bond donors (Lipinski definition) is 2. The number of nitrogen functional groups attached to an aromatic ring is 1. The molecule has 0 saturated heterocycles. The molecule has 90 valence electrons. The number of nitrogens with zero attached hydrogens (tertiary/aromatic N) is 2. The normalized spacial score (nSPS) is 10.2. The van der Waals surface area contributed by atoms with Gasteiger partial charge in [-0.1, -0.05) is 11.8 Å². The Morgan fingerprint density at radius 3 is 3.06 bits per heavy atom. The number of ether oxygens (including phenoxy) is 1. The molecule has 0 saturated carbocycles. The van der Waals surface area contributed by atoms with E-state index >= 15 is 0 Å². The minimum atomic E-state index is 0.321. The molecule has 2 heterocycles. The molecule has 0 unspecified atom stereocenters. The van der Waals surface area contributed by atoms with Crippen molar-refractivity contribution in [3.63, 3.8) is 0 Å². The molecule has 2 aromatic rings. The lowest BCUT2D eigenvalue weighted by Crippen LogP contribution is -2.10. The van der Waals surface area contributed by atoms with E-state index in [-0.39, 0.29) is 0 Å². The number of rotatable bonds is 5. The average molecular weight is 252 g/mol. The van der Waals surface area contributed by atoms with Crippen LogP contribution in [-0.4, -0.2) is 16.2 Å². The van der Waals surface area contributed by atoms with Crippen molar-refractivity contribution in [2.45, 2.75) is 11.8 Å². The molecule has 17 heavy (non-hydrogen) atoms. The third-order valence-electron chi connectivity index (χ3n) is 1.95. The van der Waals surface area contributed by atoms with Gasteiger partial charge in [0, 0.05) is 6.07 Å². The third-order valence-corrected chi connectivity index (χ3v) is 2.50. The Morgan fingerprint density at radius 2 is 2.41 bits per heavy atom. The van der Waals surface area contributed by atoms with E-state index in [9.17, 15) is 0 Å². The van der Waals surface area contributed by atoms with Gasteiger partial charge in [0.15, 0.2) is 5.16 Å². The van der Waals surface area contributed by atoms with Gasteiger partial charge in [0.2, 0.25) is 5.88 Å². The lowest BCUT2D eigenvalue weighted by atomic mass is 10.5. The smallest absolute Gasteiger partial charge is 0.219 e. The van der Waals surface area contributed by atoms with Crippen LogP contribution in [0, 0.1) is 0 Å². The molecule has 0 aromatic carbocycles. The average Bonchev–Trinajstić information content (AvgIpc) is 2.89. The molecule has 0 amide bonds. The van der Waals surface area contributed by atoms with Gasteiger partial charge in [0.1, 0.15) is 18.2 Å². The van der Waals surface area contributed by atoms with E-state index in [1.807, 2.05) is 12.3 Å². The molecular formula is C10H12N4O2S. The standard InChI is InChI=1S/C10H12N4O2S/c1-17-10-12-8(14-11)5-9(13-10)16-6-7-3-2-4-15-7/h2-5H,6,11H2,1H3,(H,12,13,14). The summed E-state index contributed by atoms with van der Waals surface area (Å²) in [6, 6.07) is 5.26. The highest BCUT2D eigenvalue weighted by Gasteiger charge is 2.05. The summed E-state index contributed by atoms with van der Waals surface area (Å²) in [7, 11) is 0. The van der Waals surface area contributed by atoms with E-state index in [1.54, 1.807) is 18.4 Å². The topological polar surface area (TPSA) is 86.2 Å². The minimum Gasteiger partial charge on any atom is -0.469 e. The second-order valence-corrected chi connectivity index (χ2v) is 3.86. The molecular weight excluding hydrogens is 240 g/mol. The predicted molar refractivity (Wildman–Crippen MR) is 64.7 cm³/mol. The molecule has 0 fully saturated rings. The van der Waals surface area contributed by atoms with Gasteiger partial charge in [0.05, 0.1) is 6.26 Å². The van der Waals surface area contributed by atoms with Crippen LogP contribution in [0.4, 0.5) is 5.82 Å². The van der Waals surface area contributed by atoms with E-state index in [2.05, 4.69) is 15.4 Å². The maximum absolute atomic E-state index is 5.48. The monoisotopic (exact) mass is 252 g/mol. The van der Waals surface area contributed by atoms with E-state index in [0.717, 1.165) is 5.76 Å². The van der Waals surface area contributed by atoms with Crippen molar-refractivity contribution in [3.8, 4) is 5.88 Å². The van der Waals surface area contributed by atoms with Gasteiger partial charge in [-0.15, -0.1) is 0 Å². The van der Waals surface area contributed by atoms with E-state index in [1.165, 1.54) is 11.8 Å². The van der Waals surface area contributed by atoms with Crippen molar-refractivity contribution in [2.24, 2.45) is 5.84 Å². The molecule has 2 rings (SSSR count). The maximum Gasteiger partial charge on any atom is 0.219 e. The second-order valence-electron chi connectivity index (χ2n) is 3.09. The van der Waals surface area contributed by atoms with Gasteiger partial charge in [-0.25, -0.2) is 10.8 Å². The number of thioether (sulfide) groups is 1. The van der Waals surface area contributed by atoms with Crippen molar-refractivity contribution >= 4 is 17.6 Å². The van der Waals surface area contributed by atoms with Gasteiger partial charge in [-0.2, -0.15) is 4.98 Å². The molecule has 0 atom stereocenters. The number of hydrazine groups is 1. The fraction of sp³-hybridized carbons (Fsp3) is 0.200. The molecule has 0 bridgehead atoms. The van der Waals surface area contributed by atoms with Crippen molar-refractivity contribution in [1.82, 2.24) is 9.97 Å². The first-order valence-electron chi connectivity index (χ1n) is 4.86. The van der Waals surface area contributed by atoms with E-state index in [4.69, 9.17) is 15.0 Å². The van der Waals surface area contributed by atoms with Gasteiger partial charge < -0.3 is 14.6 Å². The largest absolute Gasteiger partial charge is 0.469 e. The lowest BCUT2D eigenvalue weighted by Gasteiger charge is -2.06. The summed E-state index contributed by atoms with van der Waals surface area (Å²) in [6.07, 6.45) is 3.48. The Bertz CT molecular complexity index is 453. The lowest BCUT2D eigenvalue weighted by molar-refractivity contribution is 0.258. The zero-order valence-electron chi connectivity index (χ0n) is 9.21. The fourth-order valence-electron chi connectivity index (χ4n) is 1.18. The van der Waals surface area contributed by atoms with Crippen LogP contribution in [0.5, 0.6) is 5.88 Å². The summed E-state index contributed by atoms with van der Waals surface area (Å²) >= 11 is 1.41. The van der Waals surface area contributed by atoms with Crippen LogP contribution in [0.2, 0.25) is 0 Å². The van der Waals surface area contributed by atoms with Crippen LogP contribution in [-0.2, 0) is 6.61 Å². The molecule has 2 aromatic heterocycles. The molecule has 0 spiro atoms. The first kappa shape index (κ1) is 11.7. The van der Waals surface area contributed by atoms with Crippen LogP contribution in [0.15, 0.2) is 34.0 Å². The third kappa shape index (κ3) is 3.11. The summed E-state index contributed by atoms with van der Waals surface area (Å²) in [5, 5.41) is 0.592. The molecule has 0 radical (unpaired) electrons. The first-order chi connectivity index (χ1) is 8.31. The summed E-state index contributed by atoms with van der Waals surface area (Å²) in [4.78, 5) is 8.32. The van der Waals surface area contributed by atoms with Gasteiger partial charge in [0.25, 0.3) is 0 Å². The highest BCUT2D eigenvalue weighted by Crippen LogP contribution is 2.19. The highest BCUT2D eigenvalue weighted by molar-refractivity contribution is 7.98. The molecule has 0 aliphatic rings. The van der Waals surface area contributed by atoms with Crippen LogP contribution < -0.4 is 16.0 Å². The Balaban J connectivity index is 2.09. The zero-order valence-corrected chi connectivity index (χ0v) is 10.0. The van der Waals surface area contributed by atoms with Crippen molar-refractivity contribution in [1.29, 1.82) is 0 Å². The molecule has 0 aliphatic carbocycles. The van der Waals surface area contributed by atoms with Crippen LogP contribution in [0.3, 0.4) is 0 Å². The minimum absolute atomic E-state index is 0.321. The Hall–Kier alpha value is -1.73.